The van der Waals surface area contributed by atoms with Crippen LogP contribution >= 0.6 is 11.6 Å². The van der Waals surface area contributed by atoms with Crippen LogP contribution in [0.3, 0.4) is 0 Å². The quantitative estimate of drug-likeness (QED) is 0.470. The van der Waals surface area contributed by atoms with Crippen LogP contribution in [0.15, 0.2) is 77.9 Å². The van der Waals surface area contributed by atoms with E-state index in [9.17, 15) is 9.59 Å². The number of nitrogens with one attached hydrogen (secondary N) is 2. The number of rotatable bonds is 6. The Hall–Kier alpha value is -3.64. The van der Waals surface area contributed by atoms with Crippen molar-refractivity contribution in [1.29, 1.82) is 0 Å². The lowest BCUT2D eigenvalue weighted by Crippen LogP contribution is -2.18. The highest BCUT2D eigenvalue weighted by atomic mass is 35.5. The summed E-state index contributed by atoms with van der Waals surface area (Å²) in [6.07, 6.45) is 1.53. The lowest BCUT2D eigenvalue weighted by atomic mass is 10.1. The number of ether oxygens (including phenoxy) is 1. The molecule has 0 heterocycles. The summed E-state index contributed by atoms with van der Waals surface area (Å²) in [7, 11) is 1.59. The molecule has 3 aromatic rings. The summed E-state index contributed by atoms with van der Waals surface area (Å²) < 4.78 is 5.09. The van der Waals surface area contributed by atoms with Crippen LogP contribution in [-0.2, 0) is 0 Å². The lowest BCUT2D eigenvalue weighted by molar-refractivity contribution is 0.0953. The van der Waals surface area contributed by atoms with E-state index in [-0.39, 0.29) is 5.91 Å². The van der Waals surface area contributed by atoms with Gasteiger partial charge >= 0.3 is 0 Å². The molecule has 0 radical (unpaired) electrons. The SMILES string of the molecule is COc1ccc(C=NNC(=O)c2cccc(NC(=O)c3ccccc3Cl)c2)cc1. The zero-order valence-corrected chi connectivity index (χ0v) is 16.3. The number of hydrazone groups is 1. The fourth-order valence-corrected chi connectivity index (χ4v) is 2.72. The smallest absolute Gasteiger partial charge is 0.271 e. The second-order valence-electron chi connectivity index (χ2n) is 5.99. The molecule has 0 saturated carbocycles. The van der Waals surface area contributed by atoms with Gasteiger partial charge in [0.2, 0.25) is 0 Å². The molecule has 0 atom stereocenters. The Bertz CT molecular complexity index is 1050. The molecule has 0 saturated heterocycles. The van der Waals surface area contributed by atoms with E-state index < -0.39 is 5.91 Å². The van der Waals surface area contributed by atoms with Gasteiger partial charge in [-0.25, -0.2) is 5.43 Å². The van der Waals surface area contributed by atoms with Crippen LogP contribution in [0.25, 0.3) is 0 Å². The first-order chi connectivity index (χ1) is 14.1. The molecule has 3 aromatic carbocycles. The third-order valence-corrected chi connectivity index (χ3v) is 4.33. The van der Waals surface area contributed by atoms with Crippen LogP contribution in [0.2, 0.25) is 5.02 Å². The third-order valence-electron chi connectivity index (χ3n) is 4.00. The molecule has 0 spiro atoms. The maximum absolute atomic E-state index is 12.4. The third kappa shape index (κ3) is 5.43. The van der Waals surface area contributed by atoms with E-state index in [4.69, 9.17) is 16.3 Å². The summed E-state index contributed by atoms with van der Waals surface area (Å²) in [5.41, 5.74) is 4.46. The van der Waals surface area contributed by atoms with Crippen molar-refractivity contribution in [3.63, 3.8) is 0 Å². The van der Waals surface area contributed by atoms with Gasteiger partial charge in [0.1, 0.15) is 5.75 Å². The molecular weight excluding hydrogens is 390 g/mol. The molecule has 0 aliphatic rings. The zero-order chi connectivity index (χ0) is 20.6. The van der Waals surface area contributed by atoms with Crippen LogP contribution in [0, 0.1) is 0 Å². The molecule has 0 aromatic heterocycles. The molecule has 2 N–H and O–H groups in total. The van der Waals surface area contributed by atoms with Crippen LogP contribution < -0.4 is 15.5 Å². The predicted molar refractivity (Wildman–Crippen MR) is 114 cm³/mol. The number of benzene rings is 3. The summed E-state index contributed by atoms with van der Waals surface area (Å²) >= 11 is 6.04. The number of amides is 2. The van der Waals surface area contributed by atoms with Gasteiger partial charge in [0, 0.05) is 11.3 Å². The minimum Gasteiger partial charge on any atom is -0.497 e. The number of halogens is 1. The van der Waals surface area contributed by atoms with E-state index >= 15 is 0 Å². The normalized spacial score (nSPS) is 10.6. The fraction of sp³-hybridized carbons (Fsp3) is 0.0455. The van der Waals surface area contributed by atoms with E-state index in [1.54, 1.807) is 67.8 Å². The molecule has 6 nitrogen and oxygen atoms in total. The van der Waals surface area contributed by atoms with Gasteiger partial charge in [-0.15, -0.1) is 0 Å². The molecule has 146 valence electrons. The first-order valence-electron chi connectivity index (χ1n) is 8.70. The van der Waals surface area contributed by atoms with Crippen LogP contribution in [-0.4, -0.2) is 25.1 Å². The van der Waals surface area contributed by atoms with Crippen molar-refractivity contribution in [1.82, 2.24) is 5.43 Å². The molecule has 0 unspecified atom stereocenters. The Labute approximate surface area is 173 Å². The number of nitrogens with zero attached hydrogens (tertiary/aromatic N) is 1. The summed E-state index contributed by atoms with van der Waals surface area (Å²) in [6.45, 7) is 0. The van der Waals surface area contributed by atoms with E-state index in [0.717, 1.165) is 11.3 Å². The molecule has 0 fully saturated rings. The number of methoxy groups -OCH3 is 1. The topological polar surface area (TPSA) is 79.8 Å². The van der Waals surface area contributed by atoms with Gasteiger partial charge in [-0.3, -0.25) is 9.59 Å². The van der Waals surface area contributed by atoms with Crippen LogP contribution in [0.1, 0.15) is 26.3 Å². The minimum atomic E-state index is -0.399. The minimum absolute atomic E-state index is 0.353. The van der Waals surface area contributed by atoms with Crippen molar-refractivity contribution >= 4 is 35.3 Å². The Morgan fingerprint density at radius 3 is 2.45 bits per heavy atom. The Kier molecular flexibility index (Phi) is 6.60. The van der Waals surface area contributed by atoms with E-state index in [0.29, 0.717) is 21.8 Å². The largest absolute Gasteiger partial charge is 0.497 e. The Morgan fingerprint density at radius 2 is 1.72 bits per heavy atom. The van der Waals surface area contributed by atoms with E-state index in [1.807, 2.05) is 12.1 Å². The average molecular weight is 408 g/mol. The molecule has 7 heteroatoms. The van der Waals surface area contributed by atoms with Crippen molar-refractivity contribution in [3.05, 3.63) is 94.5 Å². The van der Waals surface area contributed by atoms with Gasteiger partial charge in [0.05, 0.1) is 23.9 Å². The van der Waals surface area contributed by atoms with Gasteiger partial charge in [-0.1, -0.05) is 29.8 Å². The summed E-state index contributed by atoms with van der Waals surface area (Å²) in [4.78, 5) is 24.7. The zero-order valence-electron chi connectivity index (χ0n) is 15.6. The summed E-state index contributed by atoms with van der Waals surface area (Å²) in [5.74, 6) is -0.0175. The van der Waals surface area contributed by atoms with Crippen LogP contribution in [0.5, 0.6) is 5.75 Å². The van der Waals surface area contributed by atoms with Crippen molar-refractivity contribution < 1.29 is 14.3 Å². The number of carbonyl (C=O) groups excluding carboxylic acids is 2. The van der Waals surface area contributed by atoms with Gasteiger partial charge in [-0.05, 0) is 60.2 Å². The van der Waals surface area contributed by atoms with Gasteiger partial charge in [0.15, 0.2) is 0 Å². The molecule has 0 aliphatic heterocycles. The van der Waals surface area contributed by atoms with Crippen LogP contribution in [0.4, 0.5) is 5.69 Å². The molecular formula is C22H18ClN3O3. The molecule has 3 rings (SSSR count). The molecule has 2 amide bonds. The van der Waals surface area contributed by atoms with Gasteiger partial charge in [-0.2, -0.15) is 5.10 Å². The second kappa shape index (κ2) is 9.52. The summed E-state index contributed by atoms with van der Waals surface area (Å²) in [5, 5.41) is 7.04. The predicted octanol–water partition coefficient (Wildman–Crippen LogP) is 4.36. The van der Waals surface area contributed by atoms with Crippen molar-refractivity contribution in [2.45, 2.75) is 0 Å². The Morgan fingerprint density at radius 1 is 0.966 bits per heavy atom. The second-order valence-corrected chi connectivity index (χ2v) is 6.39. The maximum atomic E-state index is 12.4. The molecule has 0 aliphatic carbocycles. The number of hydrogen-bond donors (Lipinski definition) is 2. The highest BCUT2D eigenvalue weighted by Crippen LogP contribution is 2.18. The number of hydrogen-bond acceptors (Lipinski definition) is 4. The lowest BCUT2D eigenvalue weighted by Gasteiger charge is -2.08. The monoisotopic (exact) mass is 407 g/mol. The van der Waals surface area contributed by atoms with Gasteiger partial charge < -0.3 is 10.1 Å². The van der Waals surface area contributed by atoms with Gasteiger partial charge in [0.25, 0.3) is 11.8 Å². The van der Waals surface area contributed by atoms with Crippen molar-refractivity contribution in [3.8, 4) is 5.75 Å². The van der Waals surface area contributed by atoms with E-state index in [1.165, 1.54) is 6.21 Å². The fourth-order valence-electron chi connectivity index (χ4n) is 2.50. The van der Waals surface area contributed by atoms with E-state index in [2.05, 4.69) is 15.8 Å². The first kappa shape index (κ1) is 20.1. The highest BCUT2D eigenvalue weighted by molar-refractivity contribution is 6.34. The number of anilines is 1. The maximum Gasteiger partial charge on any atom is 0.271 e. The van der Waals surface area contributed by atoms with Crippen molar-refractivity contribution in [2.24, 2.45) is 5.10 Å². The molecule has 29 heavy (non-hydrogen) atoms. The summed E-state index contributed by atoms with van der Waals surface area (Å²) in [6, 6.07) is 20.5. The Balaban J connectivity index is 1.63. The van der Waals surface area contributed by atoms with Crippen molar-refractivity contribution in [2.75, 3.05) is 12.4 Å². The number of carbonyl (C=O) groups is 2. The first-order valence-corrected chi connectivity index (χ1v) is 9.08. The highest BCUT2D eigenvalue weighted by Gasteiger charge is 2.11. The average Bonchev–Trinajstić information content (AvgIpc) is 2.74. The standard InChI is InChI=1S/C22H18ClN3O3/c1-29-18-11-9-15(10-12-18)14-24-26-21(27)16-5-4-6-17(13-16)25-22(28)19-7-2-3-8-20(19)23/h2-14H,1H3,(H,25,28)(H,26,27). The molecule has 0 bridgehead atoms.